The molecule has 0 radical (unpaired) electrons. The van der Waals surface area contributed by atoms with E-state index in [2.05, 4.69) is 17.0 Å². The third-order valence-corrected chi connectivity index (χ3v) is 4.35. The number of phenols is 1. The number of ether oxygens (including phenoxy) is 1. The number of methoxy groups -OCH3 is 1. The monoisotopic (exact) mass is 326 g/mol. The van der Waals surface area contributed by atoms with E-state index in [0.29, 0.717) is 18.8 Å². The Morgan fingerprint density at radius 1 is 1.04 bits per heavy atom. The van der Waals surface area contributed by atoms with Gasteiger partial charge in [0.2, 0.25) is 0 Å². The zero-order valence-electron chi connectivity index (χ0n) is 13.8. The molecule has 3 rings (SSSR count). The van der Waals surface area contributed by atoms with Crippen molar-refractivity contribution in [2.45, 2.75) is 6.54 Å². The first kappa shape index (κ1) is 16.3. The number of carbonyl (C=O) groups is 1. The molecule has 0 atom stereocenters. The predicted octanol–water partition coefficient (Wildman–Crippen LogP) is 2.36. The molecule has 1 amide bonds. The van der Waals surface area contributed by atoms with Gasteiger partial charge in [-0.05, 0) is 17.7 Å². The summed E-state index contributed by atoms with van der Waals surface area (Å²) in [5, 5.41) is 10.0. The van der Waals surface area contributed by atoms with Crippen molar-refractivity contribution in [3.8, 4) is 11.5 Å². The Kier molecular flexibility index (Phi) is 5.01. The number of hydrogen-bond acceptors (Lipinski definition) is 4. The van der Waals surface area contributed by atoms with Crippen LogP contribution >= 0.6 is 0 Å². The molecule has 1 aliphatic rings. The van der Waals surface area contributed by atoms with E-state index in [1.54, 1.807) is 17.0 Å². The molecule has 1 heterocycles. The second-order valence-corrected chi connectivity index (χ2v) is 5.91. The van der Waals surface area contributed by atoms with E-state index in [9.17, 15) is 9.90 Å². The predicted molar refractivity (Wildman–Crippen MR) is 92.3 cm³/mol. The van der Waals surface area contributed by atoms with E-state index in [-0.39, 0.29) is 17.2 Å². The molecule has 0 saturated carbocycles. The van der Waals surface area contributed by atoms with Gasteiger partial charge < -0.3 is 14.7 Å². The fourth-order valence-electron chi connectivity index (χ4n) is 3.01. The lowest BCUT2D eigenvalue weighted by Crippen LogP contribution is -2.48. The lowest BCUT2D eigenvalue weighted by atomic mass is 10.1. The normalized spacial score (nSPS) is 15.3. The highest BCUT2D eigenvalue weighted by Gasteiger charge is 2.26. The Balaban J connectivity index is 1.64. The van der Waals surface area contributed by atoms with E-state index in [0.717, 1.165) is 19.6 Å². The Hall–Kier alpha value is -2.53. The molecule has 1 saturated heterocycles. The average molecular weight is 326 g/mol. The maximum absolute atomic E-state index is 12.7. The SMILES string of the molecule is COc1cccc(O)c1C(=O)N1CCN(Cc2ccccc2)CC1. The molecule has 1 fully saturated rings. The highest BCUT2D eigenvalue weighted by molar-refractivity contribution is 5.99. The van der Waals surface area contributed by atoms with Crippen molar-refractivity contribution >= 4 is 5.91 Å². The largest absolute Gasteiger partial charge is 0.507 e. The summed E-state index contributed by atoms with van der Waals surface area (Å²) in [6.07, 6.45) is 0. The number of aromatic hydroxyl groups is 1. The molecule has 0 unspecified atom stereocenters. The summed E-state index contributed by atoms with van der Waals surface area (Å²) in [5.74, 6) is 0.196. The Labute approximate surface area is 142 Å². The minimum absolute atomic E-state index is 0.0361. The lowest BCUT2D eigenvalue weighted by Gasteiger charge is -2.35. The van der Waals surface area contributed by atoms with Gasteiger partial charge in [0.15, 0.2) is 0 Å². The van der Waals surface area contributed by atoms with Crippen LogP contribution in [0.5, 0.6) is 11.5 Å². The van der Waals surface area contributed by atoms with Crippen LogP contribution in [-0.4, -0.2) is 54.1 Å². The van der Waals surface area contributed by atoms with Gasteiger partial charge in [0.05, 0.1) is 7.11 Å². The van der Waals surface area contributed by atoms with Crippen LogP contribution in [0.4, 0.5) is 0 Å². The zero-order chi connectivity index (χ0) is 16.9. The minimum atomic E-state index is -0.177. The van der Waals surface area contributed by atoms with Crippen molar-refractivity contribution in [2.24, 2.45) is 0 Å². The molecule has 0 spiro atoms. The van der Waals surface area contributed by atoms with Gasteiger partial charge in [-0.2, -0.15) is 0 Å². The number of nitrogens with zero attached hydrogens (tertiary/aromatic N) is 2. The maximum atomic E-state index is 12.7. The summed E-state index contributed by atoms with van der Waals surface area (Å²) in [6.45, 7) is 3.81. The van der Waals surface area contributed by atoms with Gasteiger partial charge >= 0.3 is 0 Å². The summed E-state index contributed by atoms with van der Waals surface area (Å²) >= 11 is 0. The molecule has 0 aliphatic carbocycles. The molecule has 0 bridgehead atoms. The van der Waals surface area contributed by atoms with Gasteiger partial charge in [-0.1, -0.05) is 36.4 Å². The fraction of sp³-hybridized carbons (Fsp3) is 0.316. The first-order chi connectivity index (χ1) is 11.7. The van der Waals surface area contributed by atoms with Gasteiger partial charge in [-0.3, -0.25) is 9.69 Å². The number of phenolic OH excluding ortho intramolecular Hbond substituents is 1. The van der Waals surface area contributed by atoms with Gasteiger partial charge in [-0.15, -0.1) is 0 Å². The highest BCUT2D eigenvalue weighted by atomic mass is 16.5. The van der Waals surface area contributed by atoms with E-state index < -0.39 is 0 Å². The molecule has 2 aromatic carbocycles. The second-order valence-electron chi connectivity index (χ2n) is 5.91. The Morgan fingerprint density at radius 2 is 1.75 bits per heavy atom. The number of benzene rings is 2. The molecule has 1 aliphatic heterocycles. The molecular formula is C19H22N2O3. The van der Waals surface area contributed by atoms with Crippen LogP contribution < -0.4 is 4.74 Å². The van der Waals surface area contributed by atoms with Crippen molar-refractivity contribution < 1.29 is 14.6 Å². The van der Waals surface area contributed by atoms with Crippen LogP contribution in [0.3, 0.4) is 0 Å². The number of rotatable bonds is 4. The fourth-order valence-corrected chi connectivity index (χ4v) is 3.01. The molecular weight excluding hydrogens is 304 g/mol. The minimum Gasteiger partial charge on any atom is -0.507 e. The second kappa shape index (κ2) is 7.36. The van der Waals surface area contributed by atoms with E-state index >= 15 is 0 Å². The molecule has 1 N–H and O–H groups in total. The zero-order valence-corrected chi connectivity index (χ0v) is 13.8. The molecule has 2 aromatic rings. The summed E-state index contributed by atoms with van der Waals surface area (Å²) in [4.78, 5) is 16.8. The third kappa shape index (κ3) is 3.51. The lowest BCUT2D eigenvalue weighted by molar-refractivity contribution is 0.0622. The third-order valence-electron chi connectivity index (χ3n) is 4.35. The summed E-state index contributed by atoms with van der Waals surface area (Å²) in [5.41, 5.74) is 1.52. The summed E-state index contributed by atoms with van der Waals surface area (Å²) in [7, 11) is 1.50. The molecule has 5 nitrogen and oxygen atoms in total. The smallest absolute Gasteiger partial charge is 0.261 e. The van der Waals surface area contributed by atoms with E-state index in [4.69, 9.17) is 4.74 Å². The molecule has 0 aromatic heterocycles. The van der Waals surface area contributed by atoms with Crippen LogP contribution in [0.2, 0.25) is 0 Å². The number of carbonyl (C=O) groups excluding carboxylic acids is 1. The summed E-state index contributed by atoms with van der Waals surface area (Å²) < 4.78 is 5.22. The van der Waals surface area contributed by atoms with Crippen LogP contribution in [0.1, 0.15) is 15.9 Å². The topological polar surface area (TPSA) is 53.0 Å². The molecule has 24 heavy (non-hydrogen) atoms. The molecule has 5 heteroatoms. The Bertz CT molecular complexity index is 695. The van der Waals surface area contributed by atoms with E-state index in [1.165, 1.54) is 18.7 Å². The van der Waals surface area contributed by atoms with Crippen molar-refractivity contribution in [3.63, 3.8) is 0 Å². The quantitative estimate of drug-likeness (QED) is 0.937. The van der Waals surface area contributed by atoms with Crippen molar-refractivity contribution in [1.29, 1.82) is 0 Å². The van der Waals surface area contributed by atoms with Gasteiger partial charge in [-0.25, -0.2) is 0 Å². The van der Waals surface area contributed by atoms with Crippen molar-refractivity contribution in [3.05, 3.63) is 59.7 Å². The van der Waals surface area contributed by atoms with Gasteiger partial charge in [0.25, 0.3) is 5.91 Å². The van der Waals surface area contributed by atoms with E-state index in [1.807, 2.05) is 18.2 Å². The number of hydrogen-bond donors (Lipinski definition) is 1. The first-order valence-electron chi connectivity index (χ1n) is 8.10. The van der Waals surface area contributed by atoms with Crippen LogP contribution in [0, 0.1) is 0 Å². The number of piperazine rings is 1. The van der Waals surface area contributed by atoms with Crippen LogP contribution in [-0.2, 0) is 6.54 Å². The Morgan fingerprint density at radius 3 is 2.42 bits per heavy atom. The maximum Gasteiger partial charge on any atom is 0.261 e. The molecule has 126 valence electrons. The number of amides is 1. The van der Waals surface area contributed by atoms with Crippen molar-refractivity contribution in [2.75, 3.05) is 33.3 Å². The first-order valence-corrected chi connectivity index (χ1v) is 8.10. The standard InChI is InChI=1S/C19H22N2O3/c1-24-17-9-5-8-16(22)18(17)19(23)21-12-10-20(11-13-21)14-15-6-3-2-4-7-15/h2-9,22H,10-14H2,1H3. The summed E-state index contributed by atoms with van der Waals surface area (Å²) in [6, 6.07) is 15.2. The van der Waals surface area contributed by atoms with Gasteiger partial charge in [0, 0.05) is 32.7 Å². The highest BCUT2D eigenvalue weighted by Crippen LogP contribution is 2.29. The van der Waals surface area contributed by atoms with Crippen LogP contribution in [0.15, 0.2) is 48.5 Å². The van der Waals surface area contributed by atoms with Gasteiger partial charge in [0.1, 0.15) is 17.1 Å². The average Bonchev–Trinajstić information content (AvgIpc) is 2.62. The van der Waals surface area contributed by atoms with Crippen molar-refractivity contribution in [1.82, 2.24) is 9.80 Å². The van der Waals surface area contributed by atoms with Crippen LogP contribution in [0.25, 0.3) is 0 Å².